The standard InChI is InChI=1S/C34H42O8/c1-3-32(35)40-24-12-8-7-11-23-39-29-18-20-30(21-19-29)41-34(37)27-14-16-28(17-15-27)38-22-10-6-4-5-9-13-31-25-26(2)33(36)42-31/h3,14-21,31H,1-2,4-13,22-25H2. The molecule has 1 atom stereocenters. The van der Waals surface area contributed by atoms with Crippen LogP contribution in [0.5, 0.6) is 17.2 Å². The lowest BCUT2D eigenvalue weighted by atomic mass is 10.1. The maximum absolute atomic E-state index is 12.5. The highest BCUT2D eigenvalue weighted by molar-refractivity contribution is 5.91. The zero-order chi connectivity index (χ0) is 30.0. The largest absolute Gasteiger partial charge is 0.494 e. The number of benzene rings is 2. The Morgan fingerprint density at radius 1 is 0.762 bits per heavy atom. The molecule has 2 aromatic carbocycles. The molecule has 1 aliphatic heterocycles. The summed E-state index contributed by atoms with van der Waals surface area (Å²) in [4.78, 5) is 34.9. The molecule has 1 unspecified atom stereocenters. The molecule has 0 radical (unpaired) electrons. The van der Waals surface area contributed by atoms with E-state index in [4.69, 9.17) is 23.7 Å². The van der Waals surface area contributed by atoms with Crippen molar-refractivity contribution in [2.75, 3.05) is 19.8 Å². The van der Waals surface area contributed by atoms with E-state index in [0.717, 1.165) is 64.2 Å². The number of rotatable bonds is 20. The molecule has 226 valence electrons. The molecule has 0 saturated carbocycles. The van der Waals surface area contributed by atoms with Crippen LogP contribution in [-0.2, 0) is 19.1 Å². The van der Waals surface area contributed by atoms with Gasteiger partial charge in [-0.3, -0.25) is 0 Å². The van der Waals surface area contributed by atoms with Crippen LogP contribution in [0.3, 0.4) is 0 Å². The molecule has 1 fully saturated rings. The molecule has 0 N–H and O–H groups in total. The molecule has 1 aliphatic rings. The van der Waals surface area contributed by atoms with Gasteiger partial charge in [0.25, 0.3) is 0 Å². The van der Waals surface area contributed by atoms with Crippen molar-refractivity contribution in [2.45, 2.75) is 76.7 Å². The van der Waals surface area contributed by atoms with Crippen LogP contribution in [0.1, 0.15) is 81.0 Å². The van der Waals surface area contributed by atoms with Crippen LogP contribution in [-0.4, -0.2) is 43.8 Å². The predicted octanol–water partition coefficient (Wildman–Crippen LogP) is 7.17. The average Bonchev–Trinajstić information content (AvgIpc) is 3.32. The van der Waals surface area contributed by atoms with Gasteiger partial charge in [-0.15, -0.1) is 0 Å². The first-order valence-electron chi connectivity index (χ1n) is 14.8. The zero-order valence-corrected chi connectivity index (χ0v) is 24.4. The highest BCUT2D eigenvalue weighted by atomic mass is 16.6. The highest BCUT2D eigenvalue weighted by Crippen LogP contribution is 2.23. The number of carbonyl (C=O) groups is 3. The number of hydrogen-bond acceptors (Lipinski definition) is 8. The third kappa shape index (κ3) is 12.2. The number of unbranched alkanes of at least 4 members (excludes halogenated alkanes) is 7. The summed E-state index contributed by atoms with van der Waals surface area (Å²) >= 11 is 0. The fourth-order valence-electron chi connectivity index (χ4n) is 4.43. The first-order valence-corrected chi connectivity index (χ1v) is 14.8. The van der Waals surface area contributed by atoms with E-state index in [-0.39, 0.29) is 18.0 Å². The summed E-state index contributed by atoms with van der Waals surface area (Å²) in [5.41, 5.74) is 1.03. The number of ether oxygens (including phenoxy) is 5. The van der Waals surface area contributed by atoms with Crippen molar-refractivity contribution in [3.05, 3.63) is 78.9 Å². The quantitative estimate of drug-likeness (QED) is 0.0706. The van der Waals surface area contributed by atoms with Gasteiger partial charge in [0, 0.05) is 18.1 Å². The first-order chi connectivity index (χ1) is 20.4. The fourth-order valence-corrected chi connectivity index (χ4v) is 4.43. The Balaban J connectivity index is 1.22. The SMILES string of the molecule is C=CC(=O)OCCCCCCOc1ccc(OC(=O)c2ccc(OCCCCCCCC3CC(=C)C(=O)O3)cc2)cc1. The summed E-state index contributed by atoms with van der Waals surface area (Å²) in [5, 5.41) is 0. The van der Waals surface area contributed by atoms with E-state index in [1.54, 1.807) is 48.5 Å². The minimum Gasteiger partial charge on any atom is -0.494 e. The molecule has 8 nitrogen and oxygen atoms in total. The molecule has 0 aliphatic carbocycles. The van der Waals surface area contributed by atoms with Gasteiger partial charge >= 0.3 is 17.9 Å². The van der Waals surface area contributed by atoms with Gasteiger partial charge in [0.1, 0.15) is 23.4 Å². The fraction of sp³-hybridized carbons (Fsp3) is 0.441. The summed E-state index contributed by atoms with van der Waals surface area (Å²) in [6.45, 7) is 8.69. The van der Waals surface area contributed by atoms with Gasteiger partial charge in [-0.05, 0) is 93.5 Å². The summed E-state index contributed by atoms with van der Waals surface area (Å²) in [5.74, 6) is 0.788. The minimum absolute atomic E-state index is 0.00985. The predicted molar refractivity (Wildman–Crippen MR) is 160 cm³/mol. The zero-order valence-electron chi connectivity index (χ0n) is 24.4. The van der Waals surface area contributed by atoms with E-state index in [1.807, 2.05) is 0 Å². The van der Waals surface area contributed by atoms with Gasteiger partial charge in [0.05, 0.1) is 25.4 Å². The van der Waals surface area contributed by atoms with Gasteiger partial charge in [-0.25, -0.2) is 14.4 Å². The Bertz CT molecular complexity index is 1140. The Kier molecular flexibility index (Phi) is 14.2. The summed E-state index contributed by atoms with van der Waals surface area (Å²) < 4.78 is 27.2. The van der Waals surface area contributed by atoms with Crippen molar-refractivity contribution in [3.63, 3.8) is 0 Å². The molecular weight excluding hydrogens is 536 g/mol. The van der Waals surface area contributed by atoms with E-state index in [2.05, 4.69) is 13.2 Å². The minimum atomic E-state index is -0.439. The Morgan fingerprint density at radius 2 is 1.29 bits per heavy atom. The highest BCUT2D eigenvalue weighted by Gasteiger charge is 2.26. The monoisotopic (exact) mass is 578 g/mol. The van der Waals surface area contributed by atoms with Crippen molar-refractivity contribution in [1.29, 1.82) is 0 Å². The molecule has 0 spiro atoms. The van der Waals surface area contributed by atoms with E-state index in [1.165, 1.54) is 6.08 Å². The number of esters is 3. The molecule has 3 rings (SSSR count). The lowest BCUT2D eigenvalue weighted by Gasteiger charge is -2.09. The Labute approximate surface area is 248 Å². The van der Waals surface area contributed by atoms with Crippen LogP contribution in [0, 0.1) is 0 Å². The topological polar surface area (TPSA) is 97.4 Å². The van der Waals surface area contributed by atoms with E-state index >= 15 is 0 Å². The van der Waals surface area contributed by atoms with Gasteiger partial charge in [0.15, 0.2) is 0 Å². The number of cyclic esters (lactones) is 1. The van der Waals surface area contributed by atoms with Crippen LogP contribution in [0.15, 0.2) is 73.3 Å². The second-order valence-corrected chi connectivity index (χ2v) is 10.3. The molecule has 8 heteroatoms. The van der Waals surface area contributed by atoms with Crippen molar-refractivity contribution >= 4 is 17.9 Å². The van der Waals surface area contributed by atoms with Gasteiger partial charge < -0.3 is 23.7 Å². The molecule has 0 bridgehead atoms. The molecule has 1 heterocycles. The van der Waals surface area contributed by atoms with Gasteiger partial charge in [-0.2, -0.15) is 0 Å². The van der Waals surface area contributed by atoms with E-state index in [9.17, 15) is 14.4 Å². The van der Waals surface area contributed by atoms with Crippen LogP contribution in [0.25, 0.3) is 0 Å². The lowest BCUT2D eigenvalue weighted by Crippen LogP contribution is -2.08. The molecule has 2 aromatic rings. The van der Waals surface area contributed by atoms with E-state index < -0.39 is 5.97 Å². The van der Waals surface area contributed by atoms with E-state index in [0.29, 0.717) is 54.6 Å². The number of carbonyl (C=O) groups excluding carboxylic acids is 3. The molecule has 0 amide bonds. The smallest absolute Gasteiger partial charge is 0.343 e. The van der Waals surface area contributed by atoms with Crippen molar-refractivity contribution in [3.8, 4) is 17.2 Å². The van der Waals surface area contributed by atoms with Gasteiger partial charge in [-0.1, -0.05) is 32.4 Å². The third-order valence-electron chi connectivity index (χ3n) is 6.82. The Hall–Kier alpha value is -4.07. The normalized spacial score (nSPS) is 14.2. The van der Waals surface area contributed by atoms with Crippen LogP contribution in [0.4, 0.5) is 0 Å². The average molecular weight is 579 g/mol. The van der Waals surface area contributed by atoms with Gasteiger partial charge in [0.2, 0.25) is 0 Å². The molecule has 42 heavy (non-hydrogen) atoms. The maximum atomic E-state index is 12.5. The summed E-state index contributed by atoms with van der Waals surface area (Å²) in [6, 6.07) is 13.9. The van der Waals surface area contributed by atoms with Crippen LogP contribution < -0.4 is 14.2 Å². The third-order valence-corrected chi connectivity index (χ3v) is 6.82. The lowest BCUT2D eigenvalue weighted by molar-refractivity contribution is -0.139. The van der Waals surface area contributed by atoms with Crippen molar-refractivity contribution in [2.24, 2.45) is 0 Å². The first kappa shape index (κ1) is 32.4. The van der Waals surface area contributed by atoms with Crippen LogP contribution in [0.2, 0.25) is 0 Å². The molecule has 0 aromatic heterocycles. The molecule has 1 saturated heterocycles. The number of hydrogen-bond donors (Lipinski definition) is 0. The Morgan fingerprint density at radius 3 is 1.86 bits per heavy atom. The van der Waals surface area contributed by atoms with Crippen molar-refractivity contribution < 1.29 is 38.1 Å². The summed E-state index contributed by atoms with van der Waals surface area (Å²) in [6.07, 6.45) is 11.7. The second-order valence-electron chi connectivity index (χ2n) is 10.3. The van der Waals surface area contributed by atoms with Crippen LogP contribution >= 0.6 is 0 Å². The summed E-state index contributed by atoms with van der Waals surface area (Å²) in [7, 11) is 0. The second kappa shape index (κ2) is 18.4. The maximum Gasteiger partial charge on any atom is 0.343 e. The molecular formula is C34H42O8. The van der Waals surface area contributed by atoms with Crippen molar-refractivity contribution in [1.82, 2.24) is 0 Å².